The van der Waals surface area contributed by atoms with Gasteiger partial charge in [0.25, 0.3) is 0 Å². The topological polar surface area (TPSA) is 59.1 Å². The molecule has 0 N–H and O–H groups in total. The highest BCUT2D eigenvalue weighted by molar-refractivity contribution is 7.89. The molecule has 0 atom stereocenters. The van der Waals surface area contributed by atoms with E-state index in [1.807, 2.05) is 18.2 Å². The lowest BCUT2D eigenvalue weighted by atomic mass is 10.2. The third-order valence-electron chi connectivity index (χ3n) is 4.58. The highest BCUT2D eigenvalue weighted by atomic mass is 32.2. The summed E-state index contributed by atoms with van der Waals surface area (Å²) in [5.41, 5.74) is 0.980. The number of nitrogens with zero attached hydrogens (tertiary/aromatic N) is 2. The van der Waals surface area contributed by atoms with Crippen LogP contribution in [0.1, 0.15) is 0 Å². The van der Waals surface area contributed by atoms with E-state index in [2.05, 4.69) is 4.90 Å². The molecular weight excluding hydrogens is 359 g/mol. The molecule has 4 rings (SSSR count). The molecule has 2 heterocycles. The van der Waals surface area contributed by atoms with Gasteiger partial charge in [0.2, 0.25) is 10.0 Å². The van der Waals surface area contributed by atoms with Crippen LogP contribution in [0.4, 0.5) is 10.1 Å². The van der Waals surface area contributed by atoms with Crippen molar-refractivity contribution in [2.24, 2.45) is 0 Å². The molecule has 1 saturated heterocycles. The van der Waals surface area contributed by atoms with Crippen LogP contribution >= 0.6 is 0 Å². The van der Waals surface area contributed by atoms with Gasteiger partial charge in [0.05, 0.1) is 4.90 Å². The zero-order valence-corrected chi connectivity index (χ0v) is 14.9. The van der Waals surface area contributed by atoms with E-state index in [4.69, 9.17) is 9.47 Å². The largest absolute Gasteiger partial charge is 0.486 e. The quantitative estimate of drug-likeness (QED) is 0.819. The molecule has 0 amide bonds. The standard InChI is InChI=1S/C18H19FN2O4S/c19-14-1-4-16(5-2-14)26(22,23)21-9-7-20(8-10-21)15-3-6-17-18(13-15)25-12-11-24-17/h1-6,13H,7-12H2. The zero-order valence-electron chi connectivity index (χ0n) is 14.1. The molecule has 1 fully saturated rings. The lowest BCUT2D eigenvalue weighted by molar-refractivity contribution is 0.171. The number of anilines is 1. The molecule has 2 aromatic rings. The average Bonchev–Trinajstić information content (AvgIpc) is 2.68. The Labute approximate surface area is 151 Å². The van der Waals surface area contributed by atoms with Gasteiger partial charge in [0, 0.05) is 37.9 Å². The summed E-state index contributed by atoms with van der Waals surface area (Å²) in [5.74, 6) is 1.00. The van der Waals surface area contributed by atoms with Crippen LogP contribution in [-0.2, 0) is 10.0 Å². The third-order valence-corrected chi connectivity index (χ3v) is 6.49. The number of hydrogen-bond donors (Lipinski definition) is 0. The fraction of sp³-hybridized carbons (Fsp3) is 0.333. The van der Waals surface area contributed by atoms with Crippen molar-refractivity contribution in [1.29, 1.82) is 0 Å². The van der Waals surface area contributed by atoms with Gasteiger partial charge in [0.15, 0.2) is 11.5 Å². The van der Waals surface area contributed by atoms with Gasteiger partial charge < -0.3 is 14.4 Å². The van der Waals surface area contributed by atoms with Gasteiger partial charge in [-0.25, -0.2) is 12.8 Å². The Hall–Kier alpha value is -2.32. The van der Waals surface area contributed by atoms with E-state index in [9.17, 15) is 12.8 Å². The first-order valence-electron chi connectivity index (χ1n) is 8.44. The molecule has 2 aromatic carbocycles. The molecule has 0 spiro atoms. The number of halogens is 1. The normalized spacial score (nSPS) is 18.0. The average molecular weight is 378 g/mol. The number of ether oxygens (including phenoxy) is 2. The van der Waals surface area contributed by atoms with Crippen molar-refractivity contribution in [3.8, 4) is 11.5 Å². The molecule has 2 aliphatic heterocycles. The monoisotopic (exact) mass is 378 g/mol. The molecule has 0 bridgehead atoms. The minimum absolute atomic E-state index is 0.117. The smallest absolute Gasteiger partial charge is 0.243 e. The Kier molecular flexibility index (Phi) is 4.46. The lowest BCUT2D eigenvalue weighted by Crippen LogP contribution is -2.48. The number of fused-ring (bicyclic) bond motifs is 1. The van der Waals surface area contributed by atoms with Gasteiger partial charge >= 0.3 is 0 Å². The van der Waals surface area contributed by atoms with Crippen LogP contribution in [0.5, 0.6) is 11.5 Å². The molecule has 0 aliphatic carbocycles. The SMILES string of the molecule is O=S(=O)(c1ccc(F)cc1)N1CCN(c2ccc3c(c2)OCCO3)CC1. The van der Waals surface area contributed by atoms with Crippen LogP contribution in [0, 0.1) is 5.82 Å². The summed E-state index contributed by atoms with van der Waals surface area (Å²) in [6, 6.07) is 10.7. The van der Waals surface area contributed by atoms with Crippen LogP contribution in [0.15, 0.2) is 47.4 Å². The van der Waals surface area contributed by atoms with E-state index in [0.29, 0.717) is 39.4 Å². The summed E-state index contributed by atoms with van der Waals surface area (Å²) >= 11 is 0. The minimum Gasteiger partial charge on any atom is -0.486 e. The van der Waals surface area contributed by atoms with Crippen LogP contribution in [0.2, 0.25) is 0 Å². The van der Waals surface area contributed by atoms with E-state index < -0.39 is 15.8 Å². The summed E-state index contributed by atoms with van der Waals surface area (Å²) in [5, 5.41) is 0. The third kappa shape index (κ3) is 3.22. The molecule has 0 unspecified atom stereocenters. The summed E-state index contributed by atoms with van der Waals surface area (Å²) in [7, 11) is -3.60. The van der Waals surface area contributed by atoms with Crippen LogP contribution in [0.25, 0.3) is 0 Å². The van der Waals surface area contributed by atoms with Gasteiger partial charge in [-0.3, -0.25) is 0 Å². The Morgan fingerprint density at radius 3 is 2.19 bits per heavy atom. The van der Waals surface area contributed by atoms with Gasteiger partial charge in [0.1, 0.15) is 19.0 Å². The van der Waals surface area contributed by atoms with Gasteiger partial charge in [-0.1, -0.05) is 0 Å². The molecule has 0 saturated carbocycles. The first kappa shape index (κ1) is 17.1. The second-order valence-corrected chi connectivity index (χ2v) is 8.11. The second-order valence-electron chi connectivity index (χ2n) is 6.17. The zero-order chi connectivity index (χ0) is 18.1. The van der Waals surface area contributed by atoms with Crippen molar-refractivity contribution in [1.82, 2.24) is 4.31 Å². The van der Waals surface area contributed by atoms with Crippen molar-refractivity contribution in [2.45, 2.75) is 4.90 Å². The second kappa shape index (κ2) is 6.77. The highest BCUT2D eigenvalue weighted by Crippen LogP contribution is 2.34. The Morgan fingerprint density at radius 1 is 0.846 bits per heavy atom. The fourth-order valence-electron chi connectivity index (χ4n) is 3.17. The fourth-order valence-corrected chi connectivity index (χ4v) is 4.59. The first-order valence-corrected chi connectivity index (χ1v) is 9.88. The highest BCUT2D eigenvalue weighted by Gasteiger charge is 2.29. The maximum absolute atomic E-state index is 13.0. The van der Waals surface area contributed by atoms with Gasteiger partial charge in [-0.2, -0.15) is 4.31 Å². The summed E-state index contributed by atoms with van der Waals surface area (Å²) in [4.78, 5) is 2.24. The molecular formula is C18H19FN2O4S. The molecule has 138 valence electrons. The van der Waals surface area contributed by atoms with Crippen molar-refractivity contribution < 1.29 is 22.3 Å². The van der Waals surface area contributed by atoms with E-state index in [1.165, 1.54) is 28.6 Å². The number of sulfonamides is 1. The van der Waals surface area contributed by atoms with Crippen molar-refractivity contribution in [3.63, 3.8) is 0 Å². The summed E-state index contributed by atoms with van der Waals surface area (Å²) in [6.07, 6.45) is 0. The molecule has 0 aromatic heterocycles. The van der Waals surface area contributed by atoms with E-state index in [0.717, 1.165) is 17.2 Å². The number of piperazine rings is 1. The number of hydrogen-bond acceptors (Lipinski definition) is 5. The predicted molar refractivity (Wildman–Crippen MR) is 94.8 cm³/mol. The minimum atomic E-state index is -3.60. The maximum atomic E-state index is 13.0. The van der Waals surface area contributed by atoms with Crippen LogP contribution < -0.4 is 14.4 Å². The predicted octanol–water partition coefficient (Wildman–Crippen LogP) is 2.11. The summed E-state index contributed by atoms with van der Waals surface area (Å²) < 4.78 is 51.0. The molecule has 6 nitrogen and oxygen atoms in total. The number of rotatable bonds is 3. The van der Waals surface area contributed by atoms with Crippen molar-refractivity contribution >= 4 is 15.7 Å². The van der Waals surface area contributed by atoms with Crippen LogP contribution in [-0.4, -0.2) is 52.1 Å². The van der Waals surface area contributed by atoms with Crippen molar-refractivity contribution in [2.75, 3.05) is 44.3 Å². The van der Waals surface area contributed by atoms with E-state index >= 15 is 0 Å². The molecule has 26 heavy (non-hydrogen) atoms. The van der Waals surface area contributed by atoms with Gasteiger partial charge in [-0.05, 0) is 36.4 Å². The molecule has 2 aliphatic rings. The first-order chi connectivity index (χ1) is 12.5. The Morgan fingerprint density at radius 2 is 1.50 bits per heavy atom. The Bertz CT molecular complexity index is 894. The molecule has 0 radical (unpaired) electrons. The maximum Gasteiger partial charge on any atom is 0.243 e. The van der Waals surface area contributed by atoms with Gasteiger partial charge in [-0.15, -0.1) is 0 Å². The lowest BCUT2D eigenvalue weighted by Gasteiger charge is -2.35. The van der Waals surface area contributed by atoms with Crippen molar-refractivity contribution in [3.05, 3.63) is 48.3 Å². The number of benzene rings is 2. The van der Waals surface area contributed by atoms with E-state index in [1.54, 1.807) is 0 Å². The van der Waals surface area contributed by atoms with Crippen LogP contribution in [0.3, 0.4) is 0 Å². The Balaban J connectivity index is 1.46. The summed E-state index contributed by atoms with van der Waals surface area (Å²) in [6.45, 7) is 2.95. The molecule has 8 heteroatoms. The van der Waals surface area contributed by atoms with E-state index in [-0.39, 0.29) is 4.90 Å².